The van der Waals surface area contributed by atoms with Gasteiger partial charge in [-0.15, -0.1) is 0 Å². The summed E-state index contributed by atoms with van der Waals surface area (Å²) in [5.41, 5.74) is 5.86. The van der Waals surface area contributed by atoms with Crippen LogP contribution in [-0.2, 0) is 12.8 Å². The van der Waals surface area contributed by atoms with Gasteiger partial charge < -0.3 is 10.1 Å². The van der Waals surface area contributed by atoms with Crippen molar-refractivity contribution < 1.29 is 5.11 Å². The van der Waals surface area contributed by atoms with Crippen molar-refractivity contribution in [2.24, 2.45) is 11.3 Å². The molecule has 0 fully saturated rings. The Morgan fingerprint density at radius 3 is 2.75 bits per heavy atom. The smallest absolute Gasteiger partial charge is 0.0910 e. The maximum Gasteiger partial charge on any atom is 0.0910 e. The van der Waals surface area contributed by atoms with Gasteiger partial charge in [0.2, 0.25) is 0 Å². The minimum Gasteiger partial charge on any atom is -0.387 e. The maximum absolute atomic E-state index is 9.68. The minimum absolute atomic E-state index is 0.354. The van der Waals surface area contributed by atoms with Crippen molar-refractivity contribution in [3.05, 3.63) is 29.1 Å². The topological polar surface area (TPSA) is 48.9 Å². The Bertz CT molecular complexity index is 634. The fourth-order valence-electron chi connectivity index (χ4n) is 3.19. The fraction of sp³-hybridized carbons (Fsp3) is 0.588. The highest BCUT2D eigenvalue weighted by molar-refractivity contribution is 5.77. The second kappa shape index (κ2) is 4.59. The highest BCUT2D eigenvalue weighted by Crippen LogP contribution is 2.37. The van der Waals surface area contributed by atoms with Crippen LogP contribution in [-0.4, -0.2) is 15.1 Å². The molecule has 0 aromatic carbocycles. The second-order valence-electron chi connectivity index (χ2n) is 7.23. The molecular formula is C17H24N2O. The summed E-state index contributed by atoms with van der Waals surface area (Å²) < 4.78 is 0. The average molecular weight is 272 g/mol. The summed E-state index contributed by atoms with van der Waals surface area (Å²) in [6.07, 6.45) is 2.94. The third-order valence-electron chi connectivity index (χ3n) is 4.66. The number of aromatic nitrogens is 2. The van der Waals surface area contributed by atoms with Gasteiger partial charge in [0.1, 0.15) is 0 Å². The number of rotatable bonds is 1. The number of hydrogen-bond acceptors (Lipinski definition) is 2. The Morgan fingerprint density at radius 1 is 1.35 bits per heavy atom. The summed E-state index contributed by atoms with van der Waals surface area (Å²) in [5, 5.41) is 9.68. The van der Waals surface area contributed by atoms with E-state index in [-0.39, 0.29) is 0 Å². The molecule has 2 unspecified atom stereocenters. The zero-order chi connectivity index (χ0) is 14.5. The van der Waals surface area contributed by atoms with E-state index in [4.69, 9.17) is 4.98 Å². The Labute approximate surface area is 120 Å². The molecule has 3 heteroatoms. The van der Waals surface area contributed by atoms with E-state index in [1.807, 2.05) is 6.07 Å². The molecule has 2 aromatic heterocycles. The summed E-state index contributed by atoms with van der Waals surface area (Å²) >= 11 is 0. The maximum atomic E-state index is 9.68. The van der Waals surface area contributed by atoms with Gasteiger partial charge in [0.05, 0.1) is 17.1 Å². The van der Waals surface area contributed by atoms with E-state index in [9.17, 15) is 5.11 Å². The zero-order valence-electron chi connectivity index (χ0n) is 12.8. The van der Waals surface area contributed by atoms with E-state index in [0.717, 1.165) is 35.5 Å². The molecule has 0 amide bonds. The van der Waals surface area contributed by atoms with E-state index in [1.165, 1.54) is 17.7 Å². The largest absolute Gasteiger partial charge is 0.387 e. The number of nitrogens with zero attached hydrogens (tertiary/aromatic N) is 1. The molecule has 0 saturated carbocycles. The number of aliphatic hydroxyl groups excluding tert-OH is 1. The van der Waals surface area contributed by atoms with Crippen LogP contribution >= 0.6 is 0 Å². The van der Waals surface area contributed by atoms with Crippen molar-refractivity contribution in [2.75, 3.05) is 0 Å². The van der Waals surface area contributed by atoms with Gasteiger partial charge in [-0.05, 0) is 55.2 Å². The molecule has 2 atom stereocenters. The van der Waals surface area contributed by atoms with Crippen LogP contribution < -0.4 is 0 Å². The lowest BCUT2D eigenvalue weighted by molar-refractivity contribution is 0.195. The van der Waals surface area contributed by atoms with Gasteiger partial charge in [0.25, 0.3) is 0 Å². The normalized spacial score (nSPS) is 20.9. The first kappa shape index (κ1) is 13.6. The molecule has 3 rings (SSSR count). The lowest BCUT2D eigenvalue weighted by Gasteiger charge is -2.34. The molecule has 2 heterocycles. The van der Waals surface area contributed by atoms with Crippen LogP contribution in [0.2, 0.25) is 0 Å². The van der Waals surface area contributed by atoms with Crippen LogP contribution in [0.5, 0.6) is 0 Å². The molecule has 0 saturated heterocycles. The van der Waals surface area contributed by atoms with Crippen LogP contribution in [0.15, 0.2) is 12.1 Å². The second-order valence-corrected chi connectivity index (χ2v) is 7.23. The third kappa shape index (κ3) is 2.35. The standard InChI is InChI=1S/C17H24N2O/c1-10(20)14-9-16-15(19-14)8-11-7-12(17(2,3)4)5-6-13(11)18-16/h8-10,12,19-20H,5-7H2,1-4H3. The lowest BCUT2D eigenvalue weighted by Crippen LogP contribution is -2.27. The van der Waals surface area contributed by atoms with E-state index in [0.29, 0.717) is 5.41 Å². The quantitative estimate of drug-likeness (QED) is 0.830. The highest BCUT2D eigenvalue weighted by Gasteiger charge is 2.29. The van der Waals surface area contributed by atoms with E-state index in [1.54, 1.807) is 6.92 Å². The van der Waals surface area contributed by atoms with Crippen molar-refractivity contribution in [2.45, 2.75) is 53.1 Å². The van der Waals surface area contributed by atoms with Gasteiger partial charge in [-0.25, -0.2) is 0 Å². The molecule has 20 heavy (non-hydrogen) atoms. The molecule has 0 aliphatic heterocycles. The molecule has 2 N–H and O–H groups in total. The highest BCUT2D eigenvalue weighted by atomic mass is 16.3. The van der Waals surface area contributed by atoms with Crippen LogP contribution in [0.1, 0.15) is 57.2 Å². The van der Waals surface area contributed by atoms with Gasteiger partial charge >= 0.3 is 0 Å². The number of fused-ring (bicyclic) bond motifs is 2. The minimum atomic E-state index is -0.469. The Balaban J connectivity index is 2.00. The summed E-state index contributed by atoms with van der Waals surface area (Å²) in [6.45, 7) is 8.76. The average Bonchev–Trinajstić information content (AvgIpc) is 2.77. The lowest BCUT2D eigenvalue weighted by atomic mass is 9.71. The molecule has 0 radical (unpaired) electrons. The first-order chi connectivity index (χ1) is 9.34. The summed E-state index contributed by atoms with van der Waals surface area (Å²) in [4.78, 5) is 8.08. The van der Waals surface area contributed by atoms with Crippen molar-refractivity contribution >= 4 is 11.0 Å². The number of H-pyrrole nitrogens is 1. The molecule has 0 spiro atoms. The molecule has 2 aromatic rings. The monoisotopic (exact) mass is 272 g/mol. The number of pyridine rings is 1. The van der Waals surface area contributed by atoms with E-state index < -0.39 is 6.10 Å². The third-order valence-corrected chi connectivity index (χ3v) is 4.66. The number of nitrogens with one attached hydrogen (secondary N) is 1. The molecular weight excluding hydrogens is 248 g/mol. The molecule has 1 aliphatic carbocycles. The fourth-order valence-corrected chi connectivity index (χ4v) is 3.19. The SMILES string of the molecule is CC(O)c1cc2nc3c(cc2[nH]1)CC(C(C)(C)C)CC3. The predicted octanol–water partition coefficient (Wildman–Crippen LogP) is 3.77. The summed E-state index contributed by atoms with van der Waals surface area (Å²) in [7, 11) is 0. The molecule has 0 bridgehead atoms. The number of hydrogen-bond donors (Lipinski definition) is 2. The predicted molar refractivity (Wildman–Crippen MR) is 81.7 cm³/mol. The van der Waals surface area contributed by atoms with Gasteiger partial charge in [0.15, 0.2) is 0 Å². The van der Waals surface area contributed by atoms with Crippen molar-refractivity contribution in [3.63, 3.8) is 0 Å². The van der Waals surface area contributed by atoms with Crippen LogP contribution in [0.25, 0.3) is 11.0 Å². The van der Waals surface area contributed by atoms with Crippen LogP contribution in [0.3, 0.4) is 0 Å². The van der Waals surface area contributed by atoms with Gasteiger partial charge in [-0.1, -0.05) is 20.8 Å². The Morgan fingerprint density at radius 2 is 2.10 bits per heavy atom. The first-order valence-electron chi connectivity index (χ1n) is 7.54. The number of aryl methyl sites for hydroxylation is 1. The van der Waals surface area contributed by atoms with Gasteiger partial charge in [-0.3, -0.25) is 4.98 Å². The van der Waals surface area contributed by atoms with Crippen LogP contribution in [0.4, 0.5) is 0 Å². The van der Waals surface area contributed by atoms with E-state index >= 15 is 0 Å². The molecule has 108 valence electrons. The molecule has 3 nitrogen and oxygen atoms in total. The number of aliphatic hydroxyl groups is 1. The summed E-state index contributed by atoms with van der Waals surface area (Å²) in [5.74, 6) is 0.723. The van der Waals surface area contributed by atoms with E-state index in [2.05, 4.69) is 31.8 Å². The first-order valence-corrected chi connectivity index (χ1v) is 7.54. The Hall–Kier alpha value is -1.35. The zero-order valence-corrected chi connectivity index (χ0v) is 12.8. The summed E-state index contributed by atoms with van der Waals surface area (Å²) in [6, 6.07) is 4.21. The van der Waals surface area contributed by atoms with Gasteiger partial charge in [0, 0.05) is 11.4 Å². The van der Waals surface area contributed by atoms with Crippen molar-refractivity contribution in [1.82, 2.24) is 9.97 Å². The van der Waals surface area contributed by atoms with Gasteiger partial charge in [-0.2, -0.15) is 0 Å². The number of aromatic amines is 1. The van der Waals surface area contributed by atoms with Crippen molar-refractivity contribution in [3.8, 4) is 0 Å². The molecule has 1 aliphatic rings. The van der Waals surface area contributed by atoms with Crippen LogP contribution in [0, 0.1) is 11.3 Å². The van der Waals surface area contributed by atoms with Crippen molar-refractivity contribution in [1.29, 1.82) is 0 Å². The Kier molecular flexibility index (Phi) is 3.13.